The maximum atomic E-state index is 12.6. The van der Waals surface area contributed by atoms with Gasteiger partial charge in [0.25, 0.3) is 10.0 Å². The van der Waals surface area contributed by atoms with Crippen LogP contribution in [-0.4, -0.2) is 27.9 Å². The molecule has 0 heterocycles. The molecule has 0 aliphatic heterocycles. The third-order valence-electron chi connectivity index (χ3n) is 3.49. The molecular formula is C17H20N2O3S. The molecule has 0 radical (unpaired) electrons. The molecule has 6 heteroatoms. The molecule has 2 aromatic rings. The molecule has 0 aromatic heterocycles. The van der Waals surface area contributed by atoms with Crippen LogP contribution in [-0.2, 0) is 21.2 Å². The number of carbonyl (C=O) groups is 1. The minimum atomic E-state index is -3.58. The van der Waals surface area contributed by atoms with Crippen molar-refractivity contribution < 1.29 is 13.2 Å². The molecule has 0 aliphatic rings. The van der Waals surface area contributed by atoms with Crippen LogP contribution >= 0.6 is 0 Å². The SMILES string of the molecule is CC(=O)NCCc1ccc(S(=O)(=O)N(C)c2ccccc2)cc1. The van der Waals surface area contributed by atoms with Gasteiger partial charge in [0.2, 0.25) is 5.91 Å². The topological polar surface area (TPSA) is 66.5 Å². The van der Waals surface area contributed by atoms with Crippen molar-refractivity contribution in [3.63, 3.8) is 0 Å². The second-order valence-corrected chi connectivity index (χ2v) is 7.15. The van der Waals surface area contributed by atoms with Gasteiger partial charge >= 0.3 is 0 Å². The molecule has 0 unspecified atom stereocenters. The number of benzene rings is 2. The molecule has 0 aliphatic carbocycles. The van der Waals surface area contributed by atoms with Crippen molar-refractivity contribution in [3.05, 3.63) is 60.2 Å². The average molecular weight is 332 g/mol. The van der Waals surface area contributed by atoms with Crippen LogP contribution in [0.1, 0.15) is 12.5 Å². The number of carbonyl (C=O) groups excluding carboxylic acids is 1. The van der Waals surface area contributed by atoms with Crippen molar-refractivity contribution in [1.82, 2.24) is 5.32 Å². The van der Waals surface area contributed by atoms with E-state index in [2.05, 4.69) is 5.32 Å². The van der Waals surface area contributed by atoms with Gasteiger partial charge < -0.3 is 5.32 Å². The van der Waals surface area contributed by atoms with Gasteiger partial charge in [0.05, 0.1) is 10.6 Å². The maximum absolute atomic E-state index is 12.6. The number of hydrogen-bond acceptors (Lipinski definition) is 3. The summed E-state index contributed by atoms with van der Waals surface area (Å²) >= 11 is 0. The Bertz CT molecular complexity index is 756. The Labute approximate surface area is 137 Å². The van der Waals surface area contributed by atoms with Crippen molar-refractivity contribution >= 4 is 21.6 Å². The molecule has 0 saturated carbocycles. The zero-order valence-electron chi connectivity index (χ0n) is 13.2. The quantitative estimate of drug-likeness (QED) is 0.882. The maximum Gasteiger partial charge on any atom is 0.264 e. The molecule has 2 rings (SSSR count). The summed E-state index contributed by atoms with van der Waals surface area (Å²) in [7, 11) is -2.04. The lowest BCUT2D eigenvalue weighted by molar-refractivity contribution is -0.118. The van der Waals surface area contributed by atoms with Gasteiger partial charge in [0.15, 0.2) is 0 Å². The highest BCUT2D eigenvalue weighted by Crippen LogP contribution is 2.21. The predicted molar refractivity (Wildman–Crippen MR) is 90.9 cm³/mol. The van der Waals surface area contributed by atoms with Gasteiger partial charge in [-0.2, -0.15) is 0 Å². The Balaban J connectivity index is 2.13. The van der Waals surface area contributed by atoms with E-state index in [0.29, 0.717) is 18.7 Å². The molecule has 122 valence electrons. The van der Waals surface area contributed by atoms with E-state index in [9.17, 15) is 13.2 Å². The van der Waals surface area contributed by atoms with Gasteiger partial charge in [-0.25, -0.2) is 8.42 Å². The lowest BCUT2D eigenvalue weighted by Gasteiger charge is -2.19. The van der Waals surface area contributed by atoms with Crippen molar-refractivity contribution in [2.24, 2.45) is 0 Å². The molecule has 5 nitrogen and oxygen atoms in total. The van der Waals surface area contributed by atoms with Crippen LogP contribution in [0.2, 0.25) is 0 Å². The van der Waals surface area contributed by atoms with Crippen molar-refractivity contribution in [2.45, 2.75) is 18.2 Å². The monoisotopic (exact) mass is 332 g/mol. The van der Waals surface area contributed by atoms with Gasteiger partial charge in [-0.05, 0) is 36.2 Å². The molecule has 0 bridgehead atoms. The number of rotatable bonds is 6. The van der Waals surface area contributed by atoms with Crippen LogP contribution < -0.4 is 9.62 Å². The first-order valence-corrected chi connectivity index (χ1v) is 8.72. The number of hydrogen-bond donors (Lipinski definition) is 1. The lowest BCUT2D eigenvalue weighted by atomic mass is 10.1. The minimum absolute atomic E-state index is 0.0753. The van der Waals surface area contributed by atoms with E-state index in [1.807, 2.05) is 6.07 Å². The summed E-state index contributed by atoms with van der Waals surface area (Å²) in [6, 6.07) is 15.7. The molecule has 1 N–H and O–H groups in total. The second-order valence-electron chi connectivity index (χ2n) is 5.18. The zero-order chi connectivity index (χ0) is 16.9. The Kier molecular flexibility index (Phi) is 5.39. The van der Waals surface area contributed by atoms with Crippen LogP contribution in [0.15, 0.2) is 59.5 Å². The van der Waals surface area contributed by atoms with Gasteiger partial charge in [-0.3, -0.25) is 9.10 Å². The van der Waals surface area contributed by atoms with Crippen LogP contribution in [0.3, 0.4) is 0 Å². The van der Waals surface area contributed by atoms with E-state index in [0.717, 1.165) is 5.56 Å². The highest BCUT2D eigenvalue weighted by Gasteiger charge is 2.20. The summed E-state index contributed by atoms with van der Waals surface area (Å²) in [4.78, 5) is 11.1. The van der Waals surface area contributed by atoms with E-state index >= 15 is 0 Å². The molecule has 1 amide bonds. The Hall–Kier alpha value is -2.34. The number of anilines is 1. The summed E-state index contributed by atoms with van der Waals surface area (Å²) in [5, 5.41) is 2.71. The van der Waals surface area contributed by atoms with Crippen LogP contribution in [0.5, 0.6) is 0 Å². The normalized spacial score (nSPS) is 11.0. The van der Waals surface area contributed by atoms with Crippen LogP contribution in [0.25, 0.3) is 0 Å². The van der Waals surface area contributed by atoms with Crippen LogP contribution in [0, 0.1) is 0 Å². The first-order chi connectivity index (χ1) is 10.9. The van der Waals surface area contributed by atoms with E-state index in [1.165, 1.54) is 18.3 Å². The fourth-order valence-electron chi connectivity index (χ4n) is 2.15. The summed E-state index contributed by atoms with van der Waals surface area (Å²) in [5.41, 5.74) is 1.59. The number of amides is 1. The third-order valence-corrected chi connectivity index (χ3v) is 5.29. The number of para-hydroxylation sites is 1. The largest absolute Gasteiger partial charge is 0.356 e. The fourth-order valence-corrected chi connectivity index (χ4v) is 3.34. The van der Waals surface area contributed by atoms with Gasteiger partial charge in [-0.1, -0.05) is 30.3 Å². The zero-order valence-corrected chi connectivity index (χ0v) is 14.0. The molecular weight excluding hydrogens is 312 g/mol. The third kappa shape index (κ3) is 4.32. The van der Waals surface area contributed by atoms with Crippen LogP contribution in [0.4, 0.5) is 5.69 Å². The molecule has 23 heavy (non-hydrogen) atoms. The number of nitrogens with zero attached hydrogens (tertiary/aromatic N) is 1. The standard InChI is InChI=1S/C17H20N2O3S/c1-14(20)18-13-12-15-8-10-17(11-9-15)23(21,22)19(2)16-6-4-3-5-7-16/h3-11H,12-13H2,1-2H3,(H,18,20). The Morgan fingerprint density at radius 2 is 1.65 bits per heavy atom. The van der Waals surface area contributed by atoms with Crippen molar-refractivity contribution in [2.75, 3.05) is 17.9 Å². The average Bonchev–Trinajstić information content (AvgIpc) is 2.55. The highest BCUT2D eigenvalue weighted by molar-refractivity contribution is 7.92. The predicted octanol–water partition coefficient (Wildman–Crippen LogP) is 2.19. The fraction of sp³-hybridized carbons (Fsp3) is 0.235. The number of nitrogens with one attached hydrogen (secondary N) is 1. The van der Waals surface area contributed by atoms with E-state index in [4.69, 9.17) is 0 Å². The second kappa shape index (κ2) is 7.28. The Morgan fingerprint density at radius 3 is 2.22 bits per heavy atom. The minimum Gasteiger partial charge on any atom is -0.356 e. The Morgan fingerprint density at radius 1 is 1.04 bits per heavy atom. The van der Waals surface area contributed by atoms with E-state index in [1.54, 1.807) is 48.5 Å². The van der Waals surface area contributed by atoms with Gasteiger partial charge in [0, 0.05) is 20.5 Å². The molecule has 0 spiro atoms. The molecule has 2 aromatic carbocycles. The summed E-state index contributed by atoms with van der Waals surface area (Å²) in [6.45, 7) is 2.00. The highest BCUT2D eigenvalue weighted by atomic mass is 32.2. The lowest BCUT2D eigenvalue weighted by Crippen LogP contribution is -2.26. The summed E-state index contributed by atoms with van der Waals surface area (Å²) in [6.07, 6.45) is 0.661. The van der Waals surface area contributed by atoms with Crippen molar-refractivity contribution in [3.8, 4) is 0 Å². The van der Waals surface area contributed by atoms with E-state index < -0.39 is 10.0 Å². The van der Waals surface area contributed by atoms with Crippen molar-refractivity contribution in [1.29, 1.82) is 0 Å². The first-order valence-electron chi connectivity index (χ1n) is 7.28. The number of sulfonamides is 1. The van der Waals surface area contributed by atoms with E-state index in [-0.39, 0.29) is 10.8 Å². The van der Waals surface area contributed by atoms with Gasteiger partial charge in [0.1, 0.15) is 0 Å². The first kappa shape index (κ1) is 17.0. The molecule has 0 atom stereocenters. The molecule has 0 saturated heterocycles. The smallest absolute Gasteiger partial charge is 0.264 e. The van der Waals surface area contributed by atoms with Gasteiger partial charge in [-0.15, -0.1) is 0 Å². The summed E-state index contributed by atoms with van der Waals surface area (Å²) in [5.74, 6) is -0.0753. The molecule has 0 fully saturated rings. The summed E-state index contributed by atoms with van der Waals surface area (Å²) < 4.78 is 26.5.